The summed E-state index contributed by atoms with van der Waals surface area (Å²) in [7, 11) is 0. The van der Waals surface area contributed by atoms with E-state index in [-0.39, 0.29) is 0 Å². The number of hydrogen-bond acceptors (Lipinski definition) is 7. The van der Waals surface area contributed by atoms with E-state index >= 15 is 0 Å². The maximum Gasteiger partial charge on any atom is 0.328 e. The van der Waals surface area contributed by atoms with Crippen molar-refractivity contribution < 1.29 is 39.8 Å². The second-order valence-corrected chi connectivity index (χ2v) is 5.05. The van der Waals surface area contributed by atoms with Gasteiger partial charge in [-0.2, -0.15) is 0 Å². The van der Waals surface area contributed by atoms with E-state index in [9.17, 15) is 25.2 Å². The molecular formula is C15H18O8. The van der Waals surface area contributed by atoms with Crippen molar-refractivity contribution in [3.8, 4) is 5.75 Å². The summed E-state index contributed by atoms with van der Waals surface area (Å²) in [6.45, 7) is -0.509. The number of ether oxygens (including phenoxy) is 2. The minimum absolute atomic E-state index is 0.326. The predicted molar refractivity (Wildman–Crippen MR) is 77.5 cm³/mol. The van der Waals surface area contributed by atoms with Crippen molar-refractivity contribution in [1.82, 2.24) is 0 Å². The third-order valence-electron chi connectivity index (χ3n) is 3.41. The third kappa shape index (κ3) is 4.27. The number of carboxylic acids is 1. The molecule has 0 spiro atoms. The van der Waals surface area contributed by atoms with Gasteiger partial charge in [0.05, 0.1) is 6.61 Å². The summed E-state index contributed by atoms with van der Waals surface area (Å²) in [5, 5.41) is 46.8. The lowest BCUT2D eigenvalue weighted by Gasteiger charge is -2.40. The van der Waals surface area contributed by atoms with Crippen molar-refractivity contribution >= 4 is 12.0 Å². The van der Waals surface area contributed by atoms with E-state index in [1.165, 1.54) is 6.08 Å². The zero-order valence-corrected chi connectivity index (χ0v) is 12.0. The molecule has 5 unspecified atom stereocenters. The molecule has 0 aromatic heterocycles. The van der Waals surface area contributed by atoms with Gasteiger partial charge in [0.25, 0.3) is 0 Å². The van der Waals surface area contributed by atoms with Gasteiger partial charge in [-0.3, -0.25) is 0 Å². The van der Waals surface area contributed by atoms with Crippen LogP contribution in [0.25, 0.3) is 6.08 Å². The summed E-state index contributed by atoms with van der Waals surface area (Å²) in [6, 6.07) is 6.29. The molecule has 0 radical (unpaired) electrons. The van der Waals surface area contributed by atoms with Gasteiger partial charge in [-0.05, 0) is 23.8 Å². The van der Waals surface area contributed by atoms with Crippen LogP contribution in [-0.4, -0.2) is 68.8 Å². The van der Waals surface area contributed by atoms with Crippen LogP contribution < -0.4 is 4.74 Å². The Balaban J connectivity index is 2.09. The number of carbonyl (C=O) groups is 1. The van der Waals surface area contributed by atoms with E-state index in [0.717, 1.165) is 6.08 Å². The van der Waals surface area contributed by atoms with Crippen LogP contribution in [0.15, 0.2) is 30.3 Å². The Bertz CT molecular complexity index is 553. The average Bonchev–Trinajstić information content (AvgIpc) is 2.54. The summed E-state index contributed by atoms with van der Waals surface area (Å²) in [5.41, 5.74) is 0.634. The number of hydrogen-bond donors (Lipinski definition) is 5. The first-order chi connectivity index (χ1) is 10.9. The molecule has 0 bridgehead atoms. The lowest BCUT2D eigenvalue weighted by Crippen LogP contribution is -2.60. The molecule has 5 N–H and O–H groups in total. The Kier molecular flexibility index (Phi) is 5.69. The first kappa shape index (κ1) is 17.4. The van der Waals surface area contributed by atoms with Crippen molar-refractivity contribution in [2.45, 2.75) is 30.7 Å². The van der Waals surface area contributed by atoms with E-state index in [2.05, 4.69) is 0 Å². The topological polar surface area (TPSA) is 137 Å². The lowest BCUT2D eigenvalue weighted by atomic mass is 9.99. The van der Waals surface area contributed by atoms with Gasteiger partial charge in [0.2, 0.25) is 0 Å². The summed E-state index contributed by atoms with van der Waals surface area (Å²) in [4.78, 5) is 10.4. The highest BCUT2D eigenvalue weighted by Gasteiger charge is 2.45. The molecule has 8 heteroatoms. The lowest BCUT2D eigenvalue weighted by molar-refractivity contribution is -0.282. The van der Waals surface area contributed by atoms with Gasteiger partial charge in [0.1, 0.15) is 24.1 Å². The molecule has 1 aromatic carbocycles. The van der Waals surface area contributed by atoms with E-state index < -0.39 is 43.3 Å². The maximum absolute atomic E-state index is 10.4. The molecule has 1 aliphatic heterocycles. The monoisotopic (exact) mass is 326 g/mol. The van der Waals surface area contributed by atoms with Crippen LogP contribution in [0.3, 0.4) is 0 Å². The first-order valence-corrected chi connectivity index (χ1v) is 6.90. The molecule has 1 aromatic rings. The van der Waals surface area contributed by atoms with Gasteiger partial charge in [0, 0.05) is 6.08 Å². The normalized spacial score (nSPS) is 31.2. The van der Waals surface area contributed by atoms with Gasteiger partial charge in [-0.15, -0.1) is 0 Å². The molecule has 0 aliphatic carbocycles. The van der Waals surface area contributed by atoms with Crippen molar-refractivity contribution in [2.75, 3.05) is 6.61 Å². The molecule has 126 valence electrons. The van der Waals surface area contributed by atoms with Gasteiger partial charge in [0.15, 0.2) is 12.4 Å². The fraction of sp³-hybridized carbons (Fsp3) is 0.400. The first-order valence-electron chi connectivity index (χ1n) is 6.90. The fourth-order valence-electron chi connectivity index (χ4n) is 2.19. The zero-order valence-electron chi connectivity index (χ0n) is 12.0. The molecule has 0 saturated carbocycles. The minimum Gasteiger partial charge on any atom is -0.485 e. The number of aliphatic carboxylic acids is 1. The molecule has 1 heterocycles. The number of benzene rings is 1. The molecule has 23 heavy (non-hydrogen) atoms. The van der Waals surface area contributed by atoms with Crippen LogP contribution in [0.1, 0.15) is 5.56 Å². The molecule has 1 fully saturated rings. The standard InChI is InChI=1S/C15H18O8/c16-7-10-14(12(19)13(20)15(21)23-10)22-9-4-1-8(2-5-9)3-6-11(17)18/h1-6,10,12-16,19-21H,7H2,(H,17,18). The Labute approximate surface area is 131 Å². The van der Waals surface area contributed by atoms with Crippen LogP contribution >= 0.6 is 0 Å². The van der Waals surface area contributed by atoms with Gasteiger partial charge in [-0.1, -0.05) is 12.1 Å². The minimum atomic E-state index is -1.61. The molecule has 1 aliphatic rings. The molecule has 2 rings (SSSR count). The average molecular weight is 326 g/mol. The second kappa shape index (κ2) is 7.53. The summed E-state index contributed by atoms with van der Waals surface area (Å²) in [5.74, 6) is -0.738. The summed E-state index contributed by atoms with van der Waals surface area (Å²) < 4.78 is 10.5. The van der Waals surface area contributed by atoms with Crippen molar-refractivity contribution in [3.05, 3.63) is 35.9 Å². The van der Waals surface area contributed by atoms with Gasteiger partial charge in [-0.25, -0.2) is 4.79 Å². The van der Waals surface area contributed by atoms with E-state index in [1.54, 1.807) is 24.3 Å². The Hall–Kier alpha value is -1.97. The van der Waals surface area contributed by atoms with E-state index in [4.69, 9.17) is 14.6 Å². The van der Waals surface area contributed by atoms with E-state index in [0.29, 0.717) is 11.3 Å². The highest BCUT2D eigenvalue weighted by Crippen LogP contribution is 2.25. The number of aliphatic hydroxyl groups excluding tert-OH is 4. The van der Waals surface area contributed by atoms with Crippen LogP contribution in [0, 0.1) is 0 Å². The predicted octanol–water partition coefficient (Wildman–Crippen LogP) is -1.04. The number of aliphatic hydroxyl groups is 4. The Morgan fingerprint density at radius 2 is 1.83 bits per heavy atom. The van der Waals surface area contributed by atoms with Crippen LogP contribution in [0.4, 0.5) is 0 Å². The zero-order chi connectivity index (χ0) is 17.0. The highest BCUT2D eigenvalue weighted by atomic mass is 16.7. The Morgan fingerprint density at radius 1 is 1.17 bits per heavy atom. The van der Waals surface area contributed by atoms with Crippen LogP contribution in [0.2, 0.25) is 0 Å². The SMILES string of the molecule is O=C(O)C=Cc1ccc(OC2C(CO)OC(O)C(O)C2O)cc1. The molecule has 0 amide bonds. The van der Waals surface area contributed by atoms with Crippen molar-refractivity contribution in [2.24, 2.45) is 0 Å². The van der Waals surface area contributed by atoms with Crippen LogP contribution in [0.5, 0.6) is 5.75 Å². The highest BCUT2D eigenvalue weighted by molar-refractivity contribution is 5.85. The maximum atomic E-state index is 10.4. The molecule has 1 saturated heterocycles. The van der Waals surface area contributed by atoms with Crippen molar-refractivity contribution in [1.29, 1.82) is 0 Å². The number of rotatable bonds is 5. The number of carboxylic acid groups (broad SMARTS) is 1. The third-order valence-corrected chi connectivity index (χ3v) is 3.41. The van der Waals surface area contributed by atoms with Gasteiger partial charge < -0.3 is 35.0 Å². The molecule has 5 atom stereocenters. The smallest absolute Gasteiger partial charge is 0.328 e. The fourth-order valence-corrected chi connectivity index (χ4v) is 2.19. The van der Waals surface area contributed by atoms with Gasteiger partial charge >= 0.3 is 5.97 Å². The van der Waals surface area contributed by atoms with E-state index in [1.807, 2.05) is 0 Å². The summed E-state index contributed by atoms with van der Waals surface area (Å²) >= 11 is 0. The summed E-state index contributed by atoms with van der Waals surface area (Å²) in [6.07, 6.45) is -4.28. The Morgan fingerprint density at radius 3 is 2.39 bits per heavy atom. The molecular weight excluding hydrogens is 308 g/mol. The molecule has 8 nitrogen and oxygen atoms in total. The second-order valence-electron chi connectivity index (χ2n) is 5.05. The van der Waals surface area contributed by atoms with Crippen LogP contribution in [-0.2, 0) is 9.53 Å². The largest absolute Gasteiger partial charge is 0.485 e. The van der Waals surface area contributed by atoms with Crippen molar-refractivity contribution in [3.63, 3.8) is 0 Å². The quantitative estimate of drug-likeness (QED) is 0.433.